The van der Waals surface area contributed by atoms with Gasteiger partial charge in [-0.15, -0.1) is 0 Å². The molecule has 9 rings (SSSR count). The zero-order valence-electron chi connectivity index (χ0n) is 36.7. The lowest BCUT2D eigenvalue weighted by Gasteiger charge is -2.42. The number of carbonyl (C=O) groups excluding carboxylic acids is 6. The number of anilines is 2. The molecular weight excluding hydrogens is 803 g/mol. The lowest BCUT2D eigenvalue weighted by atomic mass is 9.89. The van der Waals surface area contributed by atoms with Crippen LogP contribution in [0.15, 0.2) is 36.8 Å². The van der Waals surface area contributed by atoms with Crippen molar-refractivity contribution in [2.24, 2.45) is 5.92 Å². The molecule has 0 bridgehead atoms. The Hall–Kier alpha value is -5.42. The van der Waals surface area contributed by atoms with E-state index in [1.54, 1.807) is 18.5 Å². The van der Waals surface area contributed by atoms with Crippen LogP contribution in [0.3, 0.4) is 0 Å². The standard InChI is InChI=1S/C46H61N11O6/c1-30(2)35-15-18-56-42(35)43(47-29-48-56)49-32-3-5-33(6-4-32)52-23-25-55(26-24-52)41(60)12-11-40(59)54-16-13-31(14-17-54)28-51-19-21-53(22-20-51)34-7-8-36-37(27-34)46(63)57(45(36)62)38-9-10-39(58)50-44(38)61/h7-8,15,18,27,29-33,38H,3-6,9-14,16-17,19-26,28H2,1-2H3,(H,47,48,49)(H,50,58,61). The molecule has 63 heavy (non-hydrogen) atoms. The molecule has 0 spiro atoms. The molecule has 2 N–H and O–H groups in total. The first-order chi connectivity index (χ1) is 30.5. The fourth-order valence-corrected chi connectivity index (χ4v) is 10.8. The molecule has 5 aliphatic heterocycles. The monoisotopic (exact) mass is 863 g/mol. The van der Waals surface area contributed by atoms with Gasteiger partial charge in [-0.3, -0.25) is 48.8 Å². The number of hydrogen-bond donors (Lipinski definition) is 2. The van der Waals surface area contributed by atoms with Crippen LogP contribution in [0.5, 0.6) is 0 Å². The number of hydrogen-bond acceptors (Lipinski definition) is 12. The molecule has 17 nitrogen and oxygen atoms in total. The van der Waals surface area contributed by atoms with E-state index in [2.05, 4.69) is 55.3 Å². The SMILES string of the molecule is CC(C)c1ccn2ncnc(NC3CCC(N4CCN(C(=O)CCC(=O)N5CCC(CN6CCN(c7ccc8c(c7)C(=O)N(C7CCC(=O)NC7=O)C8=O)CC6)CC5)CC4)CC3)c12. The molecule has 1 unspecified atom stereocenters. The maximum absolute atomic E-state index is 13.3. The molecule has 17 heteroatoms. The van der Waals surface area contributed by atoms with Crippen LogP contribution in [0.1, 0.15) is 110 Å². The largest absolute Gasteiger partial charge is 0.369 e. The summed E-state index contributed by atoms with van der Waals surface area (Å²) in [6.45, 7) is 13.3. The molecule has 7 heterocycles. The summed E-state index contributed by atoms with van der Waals surface area (Å²) in [5.74, 6) is -0.0220. The van der Waals surface area contributed by atoms with Crippen molar-refractivity contribution in [3.8, 4) is 0 Å². The van der Waals surface area contributed by atoms with Crippen LogP contribution in [0.4, 0.5) is 11.5 Å². The number of fused-ring (bicyclic) bond motifs is 2. The van der Waals surface area contributed by atoms with E-state index in [0.717, 1.165) is 132 Å². The van der Waals surface area contributed by atoms with Gasteiger partial charge in [0.05, 0.1) is 11.1 Å². The predicted octanol–water partition coefficient (Wildman–Crippen LogP) is 2.96. The molecule has 1 aliphatic carbocycles. The van der Waals surface area contributed by atoms with Gasteiger partial charge in [0, 0.05) is 115 Å². The molecule has 6 aliphatic rings. The van der Waals surface area contributed by atoms with Crippen LogP contribution in [-0.4, -0.2) is 165 Å². The first-order valence-electron chi connectivity index (χ1n) is 23.2. The Morgan fingerprint density at radius 3 is 2.14 bits per heavy atom. The van der Waals surface area contributed by atoms with E-state index in [0.29, 0.717) is 29.5 Å². The van der Waals surface area contributed by atoms with E-state index in [4.69, 9.17) is 0 Å². The van der Waals surface area contributed by atoms with Crippen LogP contribution in [0, 0.1) is 5.92 Å². The smallest absolute Gasteiger partial charge is 0.262 e. The van der Waals surface area contributed by atoms with Gasteiger partial charge < -0.3 is 20.0 Å². The van der Waals surface area contributed by atoms with Gasteiger partial charge in [-0.25, -0.2) is 9.50 Å². The van der Waals surface area contributed by atoms with E-state index >= 15 is 0 Å². The van der Waals surface area contributed by atoms with E-state index in [1.807, 2.05) is 26.6 Å². The Labute approximate surface area is 368 Å². The second kappa shape index (κ2) is 18.4. The third-order valence-corrected chi connectivity index (χ3v) is 14.5. The van der Waals surface area contributed by atoms with E-state index in [-0.39, 0.29) is 43.1 Å². The van der Waals surface area contributed by atoms with Gasteiger partial charge >= 0.3 is 0 Å². The van der Waals surface area contributed by atoms with Crippen molar-refractivity contribution in [3.63, 3.8) is 0 Å². The zero-order chi connectivity index (χ0) is 43.8. The third-order valence-electron chi connectivity index (χ3n) is 14.5. The molecule has 1 atom stereocenters. The van der Waals surface area contributed by atoms with Crippen LogP contribution in [0.2, 0.25) is 0 Å². The fraction of sp³-hybridized carbons (Fsp3) is 0.609. The minimum absolute atomic E-state index is 0.0780. The average Bonchev–Trinajstić information content (AvgIpc) is 3.85. The van der Waals surface area contributed by atoms with Crippen molar-refractivity contribution in [2.45, 2.75) is 102 Å². The van der Waals surface area contributed by atoms with Gasteiger partial charge in [0.1, 0.15) is 17.9 Å². The Morgan fingerprint density at radius 1 is 0.778 bits per heavy atom. The first-order valence-corrected chi connectivity index (χ1v) is 23.2. The number of benzene rings is 1. The minimum Gasteiger partial charge on any atom is -0.369 e. The summed E-state index contributed by atoms with van der Waals surface area (Å²) >= 11 is 0. The minimum atomic E-state index is -0.979. The lowest BCUT2D eigenvalue weighted by Crippen LogP contribution is -2.54. The number of nitrogens with one attached hydrogen (secondary N) is 2. The Bertz CT molecular complexity index is 2230. The van der Waals surface area contributed by atoms with Crippen LogP contribution in [-0.2, 0) is 19.2 Å². The second-order valence-corrected chi connectivity index (χ2v) is 18.7. The van der Waals surface area contributed by atoms with Gasteiger partial charge in [-0.2, -0.15) is 5.10 Å². The van der Waals surface area contributed by atoms with Crippen molar-refractivity contribution in [3.05, 3.63) is 53.5 Å². The molecule has 0 radical (unpaired) electrons. The van der Waals surface area contributed by atoms with Gasteiger partial charge in [0.2, 0.25) is 23.6 Å². The summed E-state index contributed by atoms with van der Waals surface area (Å²) in [6, 6.07) is 7.36. The molecular formula is C46H61N11O6. The number of piperazine rings is 2. The number of likely N-dealkylation sites (tertiary alicyclic amines) is 1. The fourth-order valence-electron chi connectivity index (χ4n) is 10.8. The number of nitrogens with zero attached hydrogens (tertiary/aromatic N) is 9. The highest BCUT2D eigenvalue weighted by molar-refractivity contribution is 6.23. The van der Waals surface area contributed by atoms with Gasteiger partial charge in [0.15, 0.2) is 5.82 Å². The zero-order valence-corrected chi connectivity index (χ0v) is 36.7. The van der Waals surface area contributed by atoms with E-state index in [1.165, 1.54) is 5.56 Å². The average molecular weight is 864 g/mol. The maximum atomic E-state index is 13.3. The second-order valence-electron chi connectivity index (χ2n) is 18.7. The number of rotatable bonds is 11. The molecule has 6 amide bonds. The highest BCUT2D eigenvalue weighted by Crippen LogP contribution is 2.33. The number of piperidine rings is 2. The van der Waals surface area contributed by atoms with Crippen molar-refractivity contribution < 1.29 is 28.8 Å². The molecule has 1 aromatic carbocycles. The van der Waals surface area contributed by atoms with Crippen LogP contribution in [0.25, 0.3) is 5.52 Å². The predicted molar refractivity (Wildman–Crippen MR) is 235 cm³/mol. The summed E-state index contributed by atoms with van der Waals surface area (Å²) in [5, 5.41) is 10.4. The summed E-state index contributed by atoms with van der Waals surface area (Å²) in [7, 11) is 0. The van der Waals surface area contributed by atoms with Crippen molar-refractivity contribution >= 4 is 52.5 Å². The molecule has 1 saturated carbocycles. The highest BCUT2D eigenvalue weighted by atomic mass is 16.2. The normalized spacial score (nSPS) is 24.4. The van der Waals surface area contributed by atoms with Gasteiger partial charge in [0.25, 0.3) is 11.8 Å². The Kier molecular flexibility index (Phi) is 12.5. The number of aromatic nitrogens is 3. The molecule has 3 aromatic rings. The van der Waals surface area contributed by atoms with Crippen molar-refractivity contribution in [1.29, 1.82) is 0 Å². The van der Waals surface area contributed by atoms with Crippen molar-refractivity contribution in [1.82, 2.24) is 44.4 Å². The summed E-state index contributed by atoms with van der Waals surface area (Å²) in [5.41, 5.74) is 3.78. The molecule has 336 valence electrons. The summed E-state index contributed by atoms with van der Waals surface area (Å²) in [6.07, 6.45) is 10.7. The Balaban J connectivity index is 0.654. The topological polar surface area (TPSA) is 176 Å². The van der Waals surface area contributed by atoms with E-state index < -0.39 is 29.7 Å². The Morgan fingerprint density at radius 2 is 1.46 bits per heavy atom. The van der Waals surface area contributed by atoms with Crippen molar-refractivity contribution in [2.75, 3.05) is 82.2 Å². The van der Waals surface area contributed by atoms with Crippen LogP contribution >= 0.6 is 0 Å². The first kappa shape index (κ1) is 42.9. The summed E-state index contributed by atoms with van der Waals surface area (Å²) < 4.78 is 1.92. The van der Waals surface area contributed by atoms with Gasteiger partial charge in [-0.05, 0) is 86.6 Å². The highest BCUT2D eigenvalue weighted by Gasteiger charge is 2.45. The third kappa shape index (κ3) is 9.04. The summed E-state index contributed by atoms with van der Waals surface area (Å²) in [4.78, 5) is 93.8. The number of imide groups is 2. The molecule has 2 aromatic heterocycles. The molecule has 5 fully saturated rings. The number of amides is 6. The van der Waals surface area contributed by atoms with Gasteiger partial charge in [-0.1, -0.05) is 13.8 Å². The lowest BCUT2D eigenvalue weighted by molar-refractivity contribution is -0.139. The van der Waals surface area contributed by atoms with Crippen LogP contribution < -0.4 is 15.5 Å². The maximum Gasteiger partial charge on any atom is 0.262 e. The number of carbonyl (C=O) groups is 6. The molecule has 4 saturated heterocycles. The quantitative estimate of drug-likeness (QED) is 0.270. The van der Waals surface area contributed by atoms with E-state index in [9.17, 15) is 28.8 Å².